The van der Waals surface area contributed by atoms with E-state index >= 15 is 0 Å². The van der Waals surface area contributed by atoms with Crippen LogP contribution in [0.5, 0.6) is 0 Å². The topological polar surface area (TPSA) is 20.2 Å². The zero-order valence-electron chi connectivity index (χ0n) is 7.59. The predicted molar refractivity (Wildman–Crippen MR) is 50.4 cm³/mol. The van der Waals surface area contributed by atoms with Gasteiger partial charge < -0.3 is 5.02 Å². The van der Waals surface area contributed by atoms with Gasteiger partial charge in [-0.3, -0.25) is 0 Å². The van der Waals surface area contributed by atoms with Crippen LogP contribution in [-0.2, 0) is 0 Å². The summed E-state index contributed by atoms with van der Waals surface area (Å²) in [4.78, 5) is 0. The fraction of sp³-hybridized carbons (Fsp3) is 0.556. The summed E-state index contributed by atoms with van der Waals surface area (Å²) in [6, 6.07) is 0. The molecule has 0 aromatic heterocycles. The van der Waals surface area contributed by atoms with Crippen molar-refractivity contribution in [3.05, 3.63) is 23.2 Å². The van der Waals surface area contributed by atoms with Crippen molar-refractivity contribution in [1.82, 2.24) is 0 Å². The van der Waals surface area contributed by atoms with E-state index in [-0.39, 0.29) is 0 Å². The quantitative estimate of drug-likeness (QED) is 0.482. The molecule has 0 saturated carbocycles. The molecule has 0 rings (SSSR count). The van der Waals surface area contributed by atoms with Crippen molar-refractivity contribution < 1.29 is 5.02 Å². The summed E-state index contributed by atoms with van der Waals surface area (Å²) in [5.74, 6) is 0. The van der Waals surface area contributed by atoms with Crippen LogP contribution in [0, 0.1) is 0 Å². The van der Waals surface area contributed by atoms with Gasteiger partial charge in [-0.25, -0.2) is 0 Å². The van der Waals surface area contributed by atoms with Gasteiger partial charge in [0.2, 0.25) is 0 Å². The van der Waals surface area contributed by atoms with Crippen molar-refractivity contribution in [2.75, 3.05) is 0 Å². The molecule has 2 heteroatoms. The lowest BCUT2D eigenvalue weighted by Gasteiger charge is -1.97. The molecule has 0 unspecified atom stereocenters. The molecule has 1 radical (unpaired) electrons. The Morgan fingerprint density at radius 2 is 2.09 bits per heavy atom. The molecule has 0 heterocycles. The van der Waals surface area contributed by atoms with Crippen LogP contribution in [-0.4, -0.2) is 12.5 Å². The van der Waals surface area contributed by atoms with Crippen molar-refractivity contribution in [2.45, 2.75) is 33.6 Å². The Kier molecular flexibility index (Phi) is 5.95. The first kappa shape index (κ1) is 10.5. The molecule has 1 N–H and O–H groups in total. The maximum atomic E-state index is 8.72. The maximum absolute atomic E-state index is 8.72. The van der Waals surface area contributed by atoms with Gasteiger partial charge in [-0.1, -0.05) is 37.0 Å². The number of hydrogen-bond acceptors (Lipinski definition) is 1. The van der Waals surface area contributed by atoms with Gasteiger partial charge in [0.25, 0.3) is 0 Å². The highest BCUT2D eigenvalue weighted by molar-refractivity contribution is 6.36. The van der Waals surface area contributed by atoms with Crippen molar-refractivity contribution in [1.29, 1.82) is 0 Å². The van der Waals surface area contributed by atoms with E-state index in [0.717, 1.165) is 18.3 Å². The average Bonchev–Trinajstić information content (AvgIpc) is 2.01. The normalized spacial score (nSPS) is 13.5. The molecular weight excluding hydrogens is 135 g/mol. The summed E-state index contributed by atoms with van der Waals surface area (Å²) in [6.07, 6.45) is 6.07. The standard InChI is InChI=1S/C9H16BO/c1-4-6-8(3)7-9(5-2)10-11/h6-7,11H,4-5H2,1-3H3/b8-6-,9-7+. The molecule has 0 aromatic carbocycles. The number of hydrogen-bond donors (Lipinski definition) is 1. The second-order valence-corrected chi connectivity index (χ2v) is 2.56. The molecule has 0 aliphatic rings. The Bertz CT molecular complexity index is 153. The summed E-state index contributed by atoms with van der Waals surface area (Å²) in [7, 11) is 1.17. The van der Waals surface area contributed by atoms with Gasteiger partial charge >= 0.3 is 7.48 Å². The molecule has 0 aliphatic heterocycles. The van der Waals surface area contributed by atoms with Crippen molar-refractivity contribution in [2.24, 2.45) is 0 Å². The van der Waals surface area contributed by atoms with E-state index in [4.69, 9.17) is 5.02 Å². The van der Waals surface area contributed by atoms with E-state index in [2.05, 4.69) is 13.0 Å². The zero-order chi connectivity index (χ0) is 8.69. The monoisotopic (exact) mass is 151 g/mol. The average molecular weight is 151 g/mol. The lowest BCUT2D eigenvalue weighted by Crippen LogP contribution is -1.93. The summed E-state index contributed by atoms with van der Waals surface area (Å²) >= 11 is 0. The first-order chi connectivity index (χ1) is 5.24. The molecule has 0 amide bonds. The summed E-state index contributed by atoms with van der Waals surface area (Å²) < 4.78 is 0. The molecule has 0 fully saturated rings. The van der Waals surface area contributed by atoms with Crippen LogP contribution >= 0.6 is 0 Å². The van der Waals surface area contributed by atoms with E-state index in [1.165, 1.54) is 13.1 Å². The van der Waals surface area contributed by atoms with Crippen molar-refractivity contribution >= 4 is 7.48 Å². The smallest absolute Gasteiger partial charge is 0.322 e. The Labute approximate surface area is 70.1 Å². The van der Waals surface area contributed by atoms with Crippen LogP contribution in [0.3, 0.4) is 0 Å². The van der Waals surface area contributed by atoms with Crippen LogP contribution in [0.4, 0.5) is 0 Å². The van der Waals surface area contributed by atoms with Gasteiger partial charge in [0.15, 0.2) is 0 Å². The highest BCUT2D eigenvalue weighted by Gasteiger charge is 1.93. The lowest BCUT2D eigenvalue weighted by atomic mass is 9.84. The van der Waals surface area contributed by atoms with Gasteiger partial charge in [-0.05, 0) is 19.8 Å². The Balaban J connectivity index is 4.14. The van der Waals surface area contributed by atoms with Gasteiger partial charge in [0.05, 0.1) is 0 Å². The summed E-state index contributed by atoms with van der Waals surface area (Å²) in [5.41, 5.74) is 2.20. The molecule has 0 saturated heterocycles. The predicted octanol–water partition coefficient (Wildman–Crippen LogP) is 2.25. The fourth-order valence-electron chi connectivity index (χ4n) is 0.904. The van der Waals surface area contributed by atoms with Crippen LogP contribution in [0.15, 0.2) is 23.2 Å². The number of allylic oxidation sites excluding steroid dienone is 4. The summed E-state index contributed by atoms with van der Waals surface area (Å²) in [5, 5.41) is 8.72. The van der Waals surface area contributed by atoms with Gasteiger partial charge in [-0.15, -0.1) is 0 Å². The highest BCUT2D eigenvalue weighted by atomic mass is 16.2. The minimum Gasteiger partial charge on any atom is -0.450 e. The van der Waals surface area contributed by atoms with E-state index in [1.54, 1.807) is 0 Å². The molecule has 0 spiro atoms. The van der Waals surface area contributed by atoms with E-state index in [0.29, 0.717) is 0 Å². The second kappa shape index (κ2) is 6.23. The lowest BCUT2D eigenvalue weighted by molar-refractivity contribution is 0.608. The van der Waals surface area contributed by atoms with Gasteiger partial charge in [0.1, 0.15) is 0 Å². The molecular formula is C9H16BO. The zero-order valence-corrected chi connectivity index (χ0v) is 7.59. The van der Waals surface area contributed by atoms with E-state index in [1.807, 2.05) is 19.9 Å². The van der Waals surface area contributed by atoms with Crippen molar-refractivity contribution in [3.8, 4) is 0 Å². The largest absolute Gasteiger partial charge is 0.450 e. The minimum atomic E-state index is 0.880. The van der Waals surface area contributed by atoms with Crippen molar-refractivity contribution in [3.63, 3.8) is 0 Å². The molecule has 0 aromatic rings. The Morgan fingerprint density at radius 3 is 2.45 bits per heavy atom. The van der Waals surface area contributed by atoms with E-state index < -0.39 is 0 Å². The second-order valence-electron chi connectivity index (χ2n) is 2.56. The van der Waals surface area contributed by atoms with Crippen LogP contribution in [0.2, 0.25) is 0 Å². The highest BCUT2D eigenvalue weighted by Crippen LogP contribution is 2.04. The van der Waals surface area contributed by atoms with Crippen LogP contribution < -0.4 is 0 Å². The third-order valence-corrected chi connectivity index (χ3v) is 1.51. The Morgan fingerprint density at radius 1 is 1.45 bits per heavy atom. The minimum absolute atomic E-state index is 0.880. The first-order valence-corrected chi connectivity index (χ1v) is 4.09. The fourth-order valence-corrected chi connectivity index (χ4v) is 0.904. The van der Waals surface area contributed by atoms with E-state index in [9.17, 15) is 0 Å². The first-order valence-electron chi connectivity index (χ1n) is 4.09. The third kappa shape index (κ3) is 4.85. The summed E-state index contributed by atoms with van der Waals surface area (Å²) in [6.45, 7) is 6.17. The third-order valence-electron chi connectivity index (χ3n) is 1.51. The molecule has 0 bridgehead atoms. The van der Waals surface area contributed by atoms with Gasteiger partial charge in [0, 0.05) is 0 Å². The molecule has 0 aliphatic carbocycles. The SMILES string of the molecule is CC/C=C(C)\C=C(\[B]O)CC. The molecule has 0 atom stereocenters. The number of rotatable bonds is 4. The molecule has 1 nitrogen and oxygen atoms in total. The Hall–Kier alpha value is -0.495. The maximum Gasteiger partial charge on any atom is 0.322 e. The van der Waals surface area contributed by atoms with Crippen LogP contribution in [0.1, 0.15) is 33.6 Å². The van der Waals surface area contributed by atoms with Crippen LogP contribution in [0.25, 0.3) is 0 Å². The van der Waals surface area contributed by atoms with Gasteiger partial charge in [-0.2, -0.15) is 0 Å². The molecule has 11 heavy (non-hydrogen) atoms. The molecule has 61 valence electrons.